The fraction of sp³-hybridized carbons (Fsp3) is 0.176. The van der Waals surface area contributed by atoms with Gasteiger partial charge in [0.1, 0.15) is 29.6 Å². The maximum Gasteiger partial charge on any atom is 0.350 e. The van der Waals surface area contributed by atoms with Crippen molar-refractivity contribution < 1.29 is 29.0 Å². The third-order valence-electron chi connectivity index (χ3n) is 7.13. The van der Waals surface area contributed by atoms with Gasteiger partial charge in [-0.05, 0) is 61.7 Å². The Morgan fingerprint density at radius 3 is 2.40 bits per heavy atom. The lowest BCUT2D eigenvalue weighted by Gasteiger charge is -2.23. The lowest BCUT2D eigenvalue weighted by atomic mass is 9.95. The number of carbonyl (C=O) groups excluding carboxylic acids is 3. The number of amides is 1. The molecule has 0 radical (unpaired) electrons. The molecule has 1 aromatic heterocycles. The van der Waals surface area contributed by atoms with Gasteiger partial charge in [0.25, 0.3) is 5.78 Å². The minimum absolute atomic E-state index is 0.0229. The number of ketones is 1. The lowest BCUT2D eigenvalue weighted by Crippen LogP contribution is -2.29. The minimum Gasteiger partial charge on any atom is -0.507 e. The standard InChI is InChI=1S/C34H30N2O6S/c1-5-18-41-33(40)31-22(4)35-34(43-31)36-28(23-12-10-20(2)11-13-23)27(30(38)32(36)39)29(37)24-14-16-26(17-15-24)42-19-25-9-7-6-8-21(25)3/h5-17,28,37H,1,18-19H2,2-4H3/b29-27+. The molecule has 1 aliphatic rings. The molecule has 1 saturated heterocycles. The fourth-order valence-corrected chi connectivity index (χ4v) is 5.75. The predicted molar refractivity (Wildman–Crippen MR) is 165 cm³/mol. The van der Waals surface area contributed by atoms with E-state index in [4.69, 9.17) is 9.47 Å². The first kappa shape index (κ1) is 29.5. The third-order valence-corrected chi connectivity index (χ3v) is 8.27. The average Bonchev–Trinajstić information content (AvgIpc) is 3.52. The van der Waals surface area contributed by atoms with Gasteiger partial charge in [-0.2, -0.15) is 0 Å². The highest BCUT2D eigenvalue weighted by Crippen LogP contribution is 2.44. The smallest absolute Gasteiger partial charge is 0.350 e. The summed E-state index contributed by atoms with van der Waals surface area (Å²) in [5.74, 6) is -2.05. The number of aliphatic hydroxyl groups is 1. The third kappa shape index (κ3) is 5.98. The highest BCUT2D eigenvalue weighted by Gasteiger charge is 2.48. The van der Waals surface area contributed by atoms with Crippen LogP contribution in [0.1, 0.15) is 49.2 Å². The van der Waals surface area contributed by atoms with E-state index in [0.29, 0.717) is 29.2 Å². The van der Waals surface area contributed by atoms with Gasteiger partial charge in [-0.3, -0.25) is 14.5 Å². The zero-order chi connectivity index (χ0) is 30.7. The van der Waals surface area contributed by atoms with Crippen molar-refractivity contribution in [3.63, 3.8) is 0 Å². The number of hydrogen-bond donors (Lipinski definition) is 1. The van der Waals surface area contributed by atoms with Crippen LogP contribution >= 0.6 is 11.3 Å². The molecule has 1 fully saturated rings. The molecule has 0 spiro atoms. The van der Waals surface area contributed by atoms with Crippen molar-refractivity contribution in [2.75, 3.05) is 11.5 Å². The van der Waals surface area contributed by atoms with Crippen LogP contribution in [-0.2, 0) is 20.9 Å². The maximum atomic E-state index is 13.5. The molecular weight excluding hydrogens is 564 g/mol. The van der Waals surface area contributed by atoms with Crippen LogP contribution in [0.3, 0.4) is 0 Å². The summed E-state index contributed by atoms with van der Waals surface area (Å²) in [5, 5.41) is 11.6. The summed E-state index contributed by atoms with van der Waals surface area (Å²) >= 11 is 0.951. The summed E-state index contributed by atoms with van der Waals surface area (Å²) in [4.78, 5) is 45.5. The van der Waals surface area contributed by atoms with Crippen LogP contribution in [0.25, 0.3) is 5.76 Å². The SMILES string of the molecule is C=CCOC(=O)c1sc(N2C(=O)C(=O)/C(=C(/O)c3ccc(OCc4ccccc4C)cc3)C2c2ccc(C)cc2)nc1C. The zero-order valence-electron chi connectivity index (χ0n) is 24.0. The number of carbonyl (C=O) groups is 3. The molecule has 0 saturated carbocycles. The topological polar surface area (TPSA) is 106 Å². The van der Waals surface area contributed by atoms with Crippen LogP contribution in [0.4, 0.5) is 5.13 Å². The van der Waals surface area contributed by atoms with Crippen molar-refractivity contribution in [3.05, 3.63) is 129 Å². The van der Waals surface area contributed by atoms with Gasteiger partial charge < -0.3 is 14.6 Å². The van der Waals surface area contributed by atoms with Gasteiger partial charge in [-0.15, -0.1) is 0 Å². The second-order valence-electron chi connectivity index (χ2n) is 10.1. The molecule has 9 heteroatoms. The Labute approximate surface area is 253 Å². The molecular formula is C34H30N2O6S. The van der Waals surface area contributed by atoms with E-state index in [1.165, 1.54) is 11.0 Å². The molecule has 0 bridgehead atoms. The number of esters is 1. The van der Waals surface area contributed by atoms with E-state index in [1.54, 1.807) is 43.3 Å². The molecule has 1 N–H and O–H groups in total. The summed E-state index contributed by atoms with van der Waals surface area (Å²) in [6.07, 6.45) is 1.45. The minimum atomic E-state index is -0.972. The van der Waals surface area contributed by atoms with Crippen LogP contribution < -0.4 is 9.64 Å². The van der Waals surface area contributed by atoms with Crippen LogP contribution in [-0.4, -0.2) is 34.4 Å². The van der Waals surface area contributed by atoms with Gasteiger partial charge in [-0.1, -0.05) is 78.1 Å². The number of thiazole rings is 1. The summed E-state index contributed by atoms with van der Waals surface area (Å²) in [6, 6.07) is 21.0. The van der Waals surface area contributed by atoms with Crippen molar-refractivity contribution in [2.24, 2.45) is 0 Å². The molecule has 1 amide bonds. The summed E-state index contributed by atoms with van der Waals surface area (Å²) < 4.78 is 11.1. The lowest BCUT2D eigenvalue weighted by molar-refractivity contribution is -0.132. The van der Waals surface area contributed by atoms with Crippen LogP contribution in [0.2, 0.25) is 0 Å². The van der Waals surface area contributed by atoms with E-state index in [1.807, 2.05) is 50.2 Å². The number of aryl methyl sites for hydroxylation is 3. The number of benzene rings is 3. The van der Waals surface area contributed by atoms with E-state index in [0.717, 1.165) is 28.0 Å². The highest BCUT2D eigenvalue weighted by atomic mass is 32.1. The first-order chi connectivity index (χ1) is 20.7. The van der Waals surface area contributed by atoms with E-state index in [2.05, 4.69) is 11.6 Å². The number of ether oxygens (including phenoxy) is 2. The second kappa shape index (κ2) is 12.5. The first-order valence-corrected chi connectivity index (χ1v) is 14.4. The number of rotatable bonds is 9. The van der Waals surface area contributed by atoms with Crippen molar-refractivity contribution >= 4 is 39.9 Å². The van der Waals surface area contributed by atoms with Crippen molar-refractivity contribution in [1.82, 2.24) is 4.98 Å². The predicted octanol–water partition coefficient (Wildman–Crippen LogP) is 6.62. The number of aromatic nitrogens is 1. The van der Waals surface area contributed by atoms with Gasteiger partial charge in [-0.25, -0.2) is 9.78 Å². The largest absolute Gasteiger partial charge is 0.507 e. The molecule has 1 unspecified atom stereocenters. The van der Waals surface area contributed by atoms with Crippen LogP contribution in [0.15, 0.2) is 91.0 Å². The summed E-state index contributed by atoms with van der Waals surface area (Å²) in [7, 11) is 0. The monoisotopic (exact) mass is 594 g/mol. The number of hydrogen-bond acceptors (Lipinski definition) is 8. The highest BCUT2D eigenvalue weighted by molar-refractivity contribution is 7.17. The maximum absolute atomic E-state index is 13.5. The summed E-state index contributed by atoms with van der Waals surface area (Å²) in [5.41, 5.74) is 4.40. The number of nitrogens with zero attached hydrogens (tertiary/aromatic N) is 2. The van der Waals surface area contributed by atoms with E-state index >= 15 is 0 Å². The van der Waals surface area contributed by atoms with Gasteiger partial charge >= 0.3 is 11.9 Å². The number of aliphatic hydroxyl groups excluding tert-OH is 1. The van der Waals surface area contributed by atoms with Gasteiger partial charge in [0, 0.05) is 5.56 Å². The molecule has 1 atom stereocenters. The molecule has 3 aromatic carbocycles. The van der Waals surface area contributed by atoms with Crippen molar-refractivity contribution in [2.45, 2.75) is 33.4 Å². The Morgan fingerprint density at radius 2 is 1.72 bits per heavy atom. The molecule has 4 aromatic rings. The van der Waals surface area contributed by atoms with Crippen molar-refractivity contribution in [3.8, 4) is 5.75 Å². The number of Topliss-reactive ketones (excluding diaryl/α,β-unsaturated/α-hetero) is 1. The van der Waals surface area contributed by atoms with Gasteiger partial charge in [0.2, 0.25) is 0 Å². The van der Waals surface area contributed by atoms with Gasteiger partial charge in [0.05, 0.1) is 17.3 Å². The molecule has 1 aliphatic heterocycles. The Hall–Kier alpha value is -5.02. The van der Waals surface area contributed by atoms with E-state index < -0.39 is 23.7 Å². The second-order valence-corrected chi connectivity index (χ2v) is 11.1. The molecule has 5 rings (SSSR count). The quantitative estimate of drug-likeness (QED) is 0.0764. The van der Waals surface area contributed by atoms with Crippen LogP contribution in [0, 0.1) is 20.8 Å². The van der Waals surface area contributed by atoms with Crippen LogP contribution in [0.5, 0.6) is 5.75 Å². The molecule has 8 nitrogen and oxygen atoms in total. The Morgan fingerprint density at radius 1 is 1.02 bits per heavy atom. The molecule has 218 valence electrons. The normalized spacial score (nSPS) is 15.9. The van der Waals surface area contributed by atoms with Gasteiger partial charge in [0.15, 0.2) is 5.13 Å². The Kier molecular flexibility index (Phi) is 8.54. The Bertz CT molecular complexity index is 1740. The average molecular weight is 595 g/mol. The number of anilines is 1. The van der Waals surface area contributed by atoms with E-state index in [-0.39, 0.29) is 27.9 Å². The molecule has 2 heterocycles. The first-order valence-electron chi connectivity index (χ1n) is 13.6. The summed E-state index contributed by atoms with van der Waals surface area (Å²) in [6.45, 7) is 9.52. The molecule has 43 heavy (non-hydrogen) atoms. The van der Waals surface area contributed by atoms with E-state index in [9.17, 15) is 19.5 Å². The zero-order valence-corrected chi connectivity index (χ0v) is 24.8. The fourth-order valence-electron chi connectivity index (χ4n) is 4.77. The Balaban J connectivity index is 1.52. The van der Waals surface area contributed by atoms with Crippen molar-refractivity contribution in [1.29, 1.82) is 0 Å². The molecule has 0 aliphatic carbocycles.